The molecule has 0 unspecified atom stereocenters. The molecule has 0 fully saturated rings. The Morgan fingerprint density at radius 1 is 1.09 bits per heavy atom. The van der Waals surface area contributed by atoms with Crippen molar-refractivity contribution in [1.29, 1.82) is 0 Å². The zero-order chi connectivity index (χ0) is 16.5. The second-order valence-electron chi connectivity index (χ2n) is 5.14. The molecule has 122 valence electrons. The van der Waals surface area contributed by atoms with E-state index in [1.807, 2.05) is 24.3 Å². The minimum Gasteiger partial charge on any atom is -0.496 e. The third-order valence-electron chi connectivity index (χ3n) is 3.44. The van der Waals surface area contributed by atoms with E-state index in [0.717, 1.165) is 16.9 Å². The molecule has 5 heteroatoms. The molecule has 2 rings (SSSR count). The van der Waals surface area contributed by atoms with E-state index in [1.165, 1.54) is 12.1 Å². The minimum atomic E-state index is -0.277. The molecule has 2 aromatic carbocycles. The van der Waals surface area contributed by atoms with Gasteiger partial charge in [0.1, 0.15) is 11.6 Å². The van der Waals surface area contributed by atoms with Crippen molar-refractivity contribution in [3.63, 3.8) is 0 Å². The van der Waals surface area contributed by atoms with Gasteiger partial charge >= 0.3 is 0 Å². The zero-order valence-electron chi connectivity index (χ0n) is 13.1. The van der Waals surface area contributed by atoms with Crippen LogP contribution in [0.3, 0.4) is 0 Å². The number of halogens is 1. The van der Waals surface area contributed by atoms with E-state index in [0.29, 0.717) is 26.1 Å². The number of ether oxygens (including phenoxy) is 1. The standard InChI is InChI=1S/C18H21FN2O2/c1-23-17-5-3-2-4-15(17)13-20-11-10-18(22)21-12-14-6-8-16(19)9-7-14/h2-9,20H,10-13H2,1H3,(H,21,22). The Bertz CT molecular complexity index is 629. The van der Waals surface area contributed by atoms with Crippen LogP contribution in [0, 0.1) is 5.82 Å². The zero-order valence-corrected chi connectivity index (χ0v) is 13.1. The molecule has 0 heterocycles. The molecular formula is C18H21FN2O2. The summed E-state index contributed by atoms with van der Waals surface area (Å²) in [5.41, 5.74) is 1.93. The summed E-state index contributed by atoms with van der Waals surface area (Å²) < 4.78 is 18.1. The van der Waals surface area contributed by atoms with Gasteiger partial charge in [-0.15, -0.1) is 0 Å². The molecule has 0 bridgehead atoms. The lowest BCUT2D eigenvalue weighted by Gasteiger charge is -2.09. The van der Waals surface area contributed by atoms with Crippen LogP contribution in [0.2, 0.25) is 0 Å². The molecule has 0 radical (unpaired) electrons. The summed E-state index contributed by atoms with van der Waals surface area (Å²) in [6.45, 7) is 1.63. The van der Waals surface area contributed by atoms with Crippen molar-refractivity contribution in [2.75, 3.05) is 13.7 Å². The lowest BCUT2D eigenvalue weighted by molar-refractivity contribution is -0.121. The molecular weight excluding hydrogens is 295 g/mol. The van der Waals surface area contributed by atoms with Gasteiger partial charge in [-0.05, 0) is 23.8 Å². The van der Waals surface area contributed by atoms with E-state index in [2.05, 4.69) is 10.6 Å². The highest BCUT2D eigenvalue weighted by Gasteiger charge is 2.03. The fraction of sp³-hybridized carbons (Fsp3) is 0.278. The quantitative estimate of drug-likeness (QED) is 0.736. The smallest absolute Gasteiger partial charge is 0.221 e. The maximum Gasteiger partial charge on any atom is 0.221 e. The Morgan fingerprint density at radius 3 is 2.57 bits per heavy atom. The number of hydrogen-bond donors (Lipinski definition) is 2. The van der Waals surface area contributed by atoms with Crippen LogP contribution >= 0.6 is 0 Å². The van der Waals surface area contributed by atoms with Crippen LogP contribution in [-0.2, 0) is 17.9 Å². The van der Waals surface area contributed by atoms with Gasteiger partial charge in [0.15, 0.2) is 0 Å². The van der Waals surface area contributed by atoms with Crippen molar-refractivity contribution in [2.24, 2.45) is 0 Å². The first-order valence-corrected chi connectivity index (χ1v) is 7.53. The summed E-state index contributed by atoms with van der Waals surface area (Å²) >= 11 is 0. The van der Waals surface area contributed by atoms with Gasteiger partial charge in [-0.1, -0.05) is 30.3 Å². The van der Waals surface area contributed by atoms with Crippen LogP contribution in [0.15, 0.2) is 48.5 Å². The second-order valence-corrected chi connectivity index (χ2v) is 5.14. The number of methoxy groups -OCH3 is 1. The largest absolute Gasteiger partial charge is 0.496 e. The molecule has 0 saturated heterocycles. The number of hydrogen-bond acceptors (Lipinski definition) is 3. The highest BCUT2D eigenvalue weighted by Crippen LogP contribution is 2.16. The van der Waals surface area contributed by atoms with E-state index in [1.54, 1.807) is 19.2 Å². The van der Waals surface area contributed by atoms with Gasteiger partial charge in [0, 0.05) is 31.6 Å². The van der Waals surface area contributed by atoms with Crippen molar-refractivity contribution in [3.05, 3.63) is 65.5 Å². The van der Waals surface area contributed by atoms with Gasteiger partial charge in [-0.2, -0.15) is 0 Å². The van der Waals surface area contributed by atoms with Crippen molar-refractivity contribution >= 4 is 5.91 Å². The number of carbonyl (C=O) groups excluding carboxylic acids is 1. The van der Waals surface area contributed by atoms with Gasteiger partial charge in [-0.3, -0.25) is 4.79 Å². The number of rotatable bonds is 8. The fourth-order valence-corrected chi connectivity index (χ4v) is 2.17. The number of carbonyl (C=O) groups is 1. The molecule has 0 atom stereocenters. The van der Waals surface area contributed by atoms with E-state index in [-0.39, 0.29) is 11.7 Å². The third-order valence-corrected chi connectivity index (χ3v) is 3.44. The Hall–Kier alpha value is -2.40. The predicted molar refractivity (Wildman–Crippen MR) is 87.6 cm³/mol. The first kappa shape index (κ1) is 17.0. The van der Waals surface area contributed by atoms with Gasteiger partial charge in [0.2, 0.25) is 5.91 Å². The number of nitrogens with one attached hydrogen (secondary N) is 2. The average Bonchev–Trinajstić information content (AvgIpc) is 2.58. The maximum absolute atomic E-state index is 12.8. The monoisotopic (exact) mass is 316 g/mol. The number of benzene rings is 2. The molecule has 2 N–H and O–H groups in total. The number of para-hydroxylation sites is 1. The molecule has 23 heavy (non-hydrogen) atoms. The van der Waals surface area contributed by atoms with Gasteiger partial charge in [0.25, 0.3) is 0 Å². The molecule has 2 aromatic rings. The maximum atomic E-state index is 12.8. The fourth-order valence-electron chi connectivity index (χ4n) is 2.17. The van der Waals surface area contributed by atoms with Crippen molar-refractivity contribution in [3.8, 4) is 5.75 Å². The summed E-state index contributed by atoms with van der Waals surface area (Å²) in [5.74, 6) is 0.517. The van der Waals surface area contributed by atoms with E-state index < -0.39 is 0 Å². The third kappa shape index (κ3) is 5.71. The van der Waals surface area contributed by atoms with Crippen LogP contribution in [0.1, 0.15) is 17.5 Å². The summed E-state index contributed by atoms with van der Waals surface area (Å²) in [5, 5.41) is 6.04. The Balaban J connectivity index is 1.66. The molecule has 0 aliphatic rings. The lowest BCUT2D eigenvalue weighted by Crippen LogP contribution is -2.27. The topological polar surface area (TPSA) is 50.4 Å². The van der Waals surface area contributed by atoms with Gasteiger partial charge < -0.3 is 15.4 Å². The lowest BCUT2D eigenvalue weighted by atomic mass is 10.2. The highest BCUT2D eigenvalue weighted by molar-refractivity contribution is 5.76. The van der Waals surface area contributed by atoms with Gasteiger partial charge in [-0.25, -0.2) is 4.39 Å². The first-order valence-electron chi connectivity index (χ1n) is 7.53. The molecule has 0 aliphatic heterocycles. The van der Waals surface area contributed by atoms with Crippen LogP contribution in [0.25, 0.3) is 0 Å². The SMILES string of the molecule is COc1ccccc1CNCCC(=O)NCc1ccc(F)cc1. The summed E-state index contributed by atoms with van der Waals surface area (Å²) in [7, 11) is 1.64. The first-order chi connectivity index (χ1) is 11.2. The Labute approximate surface area is 135 Å². The van der Waals surface area contributed by atoms with E-state index >= 15 is 0 Å². The van der Waals surface area contributed by atoms with Crippen molar-refractivity contribution < 1.29 is 13.9 Å². The normalized spacial score (nSPS) is 10.3. The van der Waals surface area contributed by atoms with E-state index in [9.17, 15) is 9.18 Å². The minimum absolute atomic E-state index is 0.0400. The highest BCUT2D eigenvalue weighted by atomic mass is 19.1. The Kier molecular flexibility index (Phi) is 6.56. The predicted octanol–water partition coefficient (Wildman–Crippen LogP) is 2.63. The van der Waals surface area contributed by atoms with Crippen LogP contribution in [-0.4, -0.2) is 19.6 Å². The summed E-state index contributed by atoms with van der Waals surface area (Å²) in [6.07, 6.45) is 0.385. The van der Waals surface area contributed by atoms with Crippen molar-refractivity contribution in [2.45, 2.75) is 19.5 Å². The summed E-state index contributed by atoms with van der Waals surface area (Å²) in [4.78, 5) is 11.8. The average molecular weight is 316 g/mol. The molecule has 0 aromatic heterocycles. The molecule has 0 aliphatic carbocycles. The Morgan fingerprint density at radius 2 is 1.83 bits per heavy atom. The van der Waals surface area contributed by atoms with Crippen molar-refractivity contribution in [1.82, 2.24) is 10.6 Å². The second kappa shape index (κ2) is 8.90. The van der Waals surface area contributed by atoms with Crippen LogP contribution < -0.4 is 15.4 Å². The van der Waals surface area contributed by atoms with E-state index in [4.69, 9.17) is 4.74 Å². The molecule has 0 spiro atoms. The number of amides is 1. The van der Waals surface area contributed by atoms with Crippen LogP contribution in [0.4, 0.5) is 4.39 Å². The molecule has 1 amide bonds. The molecule has 0 saturated carbocycles. The summed E-state index contributed by atoms with van der Waals surface area (Å²) in [6, 6.07) is 13.9. The van der Waals surface area contributed by atoms with Gasteiger partial charge in [0.05, 0.1) is 7.11 Å². The van der Waals surface area contributed by atoms with Crippen LogP contribution in [0.5, 0.6) is 5.75 Å². The molecule has 4 nitrogen and oxygen atoms in total.